The van der Waals surface area contributed by atoms with Crippen molar-refractivity contribution in [3.63, 3.8) is 0 Å². The normalized spacial score (nSPS) is 23.8. The number of carbonyl (C=O) groups excluding carboxylic acids is 2. The number of carbonyl (C=O) groups is 2. The second kappa shape index (κ2) is 7.71. The first-order valence-electron chi connectivity index (χ1n) is 8.90. The van der Waals surface area contributed by atoms with Crippen LogP contribution in [-0.2, 0) is 9.53 Å². The molecule has 0 bridgehead atoms. The van der Waals surface area contributed by atoms with Gasteiger partial charge in [0.15, 0.2) is 0 Å². The number of nitrogens with zero attached hydrogens (tertiary/aromatic N) is 1. The lowest BCUT2D eigenvalue weighted by molar-refractivity contribution is -0.111. The summed E-state index contributed by atoms with van der Waals surface area (Å²) >= 11 is 0. The van der Waals surface area contributed by atoms with Crippen molar-refractivity contribution in [3.05, 3.63) is 42.5 Å². The van der Waals surface area contributed by atoms with Crippen LogP contribution in [0.3, 0.4) is 0 Å². The number of rotatable bonds is 4. The Morgan fingerprint density at radius 3 is 2.54 bits per heavy atom. The predicted octanol–water partition coefficient (Wildman–Crippen LogP) is 2.64. The molecule has 2 N–H and O–H groups in total. The Hall–Kier alpha value is -2.65. The maximum Gasteiger partial charge on any atom is 0.251 e. The summed E-state index contributed by atoms with van der Waals surface area (Å²) in [6.07, 6.45) is 4.71. The molecule has 1 aromatic carbocycles. The number of anilines is 1. The van der Waals surface area contributed by atoms with Crippen LogP contribution in [0.2, 0.25) is 0 Å². The number of amides is 2. The standard InChI is InChI=1S/C20H23N3O3/c1-2-17(24)22-16-5-3-14(4-6-16)19(25)23-18-15(13-21)7-8-20(18)9-11-26-12-10-20/h2-6,15,18H,1,7-12H2,(H,22,24)(H,23,25). The highest BCUT2D eigenvalue weighted by atomic mass is 16.5. The van der Waals surface area contributed by atoms with Crippen molar-refractivity contribution in [2.75, 3.05) is 18.5 Å². The van der Waals surface area contributed by atoms with Gasteiger partial charge in [0.05, 0.1) is 18.0 Å². The van der Waals surface area contributed by atoms with Crippen LogP contribution in [0.4, 0.5) is 5.69 Å². The lowest BCUT2D eigenvalue weighted by Crippen LogP contribution is -2.49. The third kappa shape index (κ3) is 3.63. The smallest absolute Gasteiger partial charge is 0.251 e. The van der Waals surface area contributed by atoms with Crippen LogP contribution in [-0.4, -0.2) is 31.1 Å². The van der Waals surface area contributed by atoms with E-state index in [1.54, 1.807) is 24.3 Å². The van der Waals surface area contributed by atoms with E-state index < -0.39 is 0 Å². The van der Waals surface area contributed by atoms with Gasteiger partial charge in [-0.25, -0.2) is 0 Å². The Kier molecular flexibility index (Phi) is 5.38. The number of nitriles is 1. The molecule has 2 atom stereocenters. The fourth-order valence-corrected chi connectivity index (χ4v) is 4.05. The zero-order valence-corrected chi connectivity index (χ0v) is 14.7. The Morgan fingerprint density at radius 1 is 1.23 bits per heavy atom. The molecule has 2 amide bonds. The van der Waals surface area contributed by atoms with Crippen molar-refractivity contribution < 1.29 is 14.3 Å². The van der Waals surface area contributed by atoms with E-state index in [9.17, 15) is 14.9 Å². The van der Waals surface area contributed by atoms with E-state index >= 15 is 0 Å². The molecular weight excluding hydrogens is 330 g/mol. The van der Waals surface area contributed by atoms with Crippen molar-refractivity contribution in [2.45, 2.75) is 31.7 Å². The molecule has 2 unspecified atom stereocenters. The minimum absolute atomic E-state index is 0.0355. The van der Waals surface area contributed by atoms with Gasteiger partial charge < -0.3 is 15.4 Å². The first-order valence-corrected chi connectivity index (χ1v) is 8.90. The zero-order chi connectivity index (χ0) is 18.6. The SMILES string of the molecule is C=CC(=O)Nc1ccc(C(=O)NC2C(C#N)CCC23CCOCC3)cc1. The van der Waals surface area contributed by atoms with Crippen LogP contribution >= 0.6 is 0 Å². The maximum absolute atomic E-state index is 12.7. The molecule has 1 aromatic rings. The summed E-state index contributed by atoms with van der Waals surface area (Å²) < 4.78 is 5.48. The highest BCUT2D eigenvalue weighted by Gasteiger charge is 2.49. The van der Waals surface area contributed by atoms with E-state index in [0.29, 0.717) is 24.5 Å². The van der Waals surface area contributed by atoms with Gasteiger partial charge in [0.25, 0.3) is 5.91 Å². The second-order valence-electron chi connectivity index (χ2n) is 6.97. The molecule has 1 saturated heterocycles. The number of benzene rings is 1. The molecule has 1 spiro atoms. The Morgan fingerprint density at radius 2 is 1.92 bits per heavy atom. The molecule has 136 valence electrons. The molecule has 1 aliphatic heterocycles. The van der Waals surface area contributed by atoms with Crippen LogP contribution in [0.15, 0.2) is 36.9 Å². The van der Waals surface area contributed by atoms with E-state index in [0.717, 1.165) is 25.7 Å². The van der Waals surface area contributed by atoms with E-state index in [1.807, 2.05) is 0 Å². The summed E-state index contributed by atoms with van der Waals surface area (Å²) in [6.45, 7) is 4.77. The molecule has 1 saturated carbocycles. The molecule has 6 nitrogen and oxygen atoms in total. The van der Waals surface area contributed by atoms with Gasteiger partial charge in [0.1, 0.15) is 0 Å². The Labute approximate surface area is 153 Å². The molecule has 2 fully saturated rings. The van der Waals surface area contributed by atoms with Gasteiger partial charge in [-0.05, 0) is 61.4 Å². The quantitative estimate of drug-likeness (QED) is 0.814. The lowest BCUT2D eigenvalue weighted by Gasteiger charge is -2.39. The fourth-order valence-electron chi connectivity index (χ4n) is 4.05. The minimum Gasteiger partial charge on any atom is -0.381 e. The maximum atomic E-state index is 12.7. The number of ether oxygens (including phenoxy) is 1. The third-order valence-electron chi connectivity index (χ3n) is 5.56. The first-order chi connectivity index (χ1) is 12.6. The molecule has 3 rings (SSSR count). The van der Waals surface area contributed by atoms with Gasteiger partial charge in [-0.15, -0.1) is 0 Å². The number of nitrogens with one attached hydrogen (secondary N) is 2. The molecule has 6 heteroatoms. The summed E-state index contributed by atoms with van der Waals surface area (Å²) in [5, 5.41) is 15.3. The summed E-state index contributed by atoms with van der Waals surface area (Å²) in [6, 6.07) is 8.91. The fraction of sp³-hybridized carbons (Fsp3) is 0.450. The van der Waals surface area contributed by atoms with E-state index in [2.05, 4.69) is 23.3 Å². The molecule has 0 aromatic heterocycles. The summed E-state index contributed by atoms with van der Waals surface area (Å²) in [7, 11) is 0. The summed E-state index contributed by atoms with van der Waals surface area (Å²) in [5.74, 6) is -0.653. The lowest BCUT2D eigenvalue weighted by atomic mass is 9.74. The van der Waals surface area contributed by atoms with Crippen LogP contribution in [0, 0.1) is 22.7 Å². The third-order valence-corrected chi connectivity index (χ3v) is 5.56. The Bertz CT molecular complexity index is 730. The van der Waals surface area contributed by atoms with E-state index in [1.165, 1.54) is 6.08 Å². The highest BCUT2D eigenvalue weighted by molar-refractivity contribution is 5.99. The van der Waals surface area contributed by atoms with Crippen molar-refractivity contribution in [3.8, 4) is 6.07 Å². The van der Waals surface area contributed by atoms with E-state index in [-0.39, 0.29) is 29.2 Å². The summed E-state index contributed by atoms with van der Waals surface area (Å²) in [4.78, 5) is 24.0. The molecule has 26 heavy (non-hydrogen) atoms. The van der Waals surface area contributed by atoms with Gasteiger partial charge >= 0.3 is 0 Å². The van der Waals surface area contributed by atoms with Crippen molar-refractivity contribution in [1.29, 1.82) is 5.26 Å². The van der Waals surface area contributed by atoms with Gasteiger partial charge in [-0.1, -0.05) is 6.58 Å². The molecule has 1 aliphatic carbocycles. The van der Waals surface area contributed by atoms with Crippen molar-refractivity contribution >= 4 is 17.5 Å². The monoisotopic (exact) mass is 353 g/mol. The van der Waals surface area contributed by atoms with E-state index in [4.69, 9.17) is 4.74 Å². The van der Waals surface area contributed by atoms with Gasteiger partial charge in [-0.2, -0.15) is 5.26 Å². The molecule has 1 heterocycles. The molecular formula is C20H23N3O3. The van der Waals surface area contributed by atoms with Crippen molar-refractivity contribution in [1.82, 2.24) is 5.32 Å². The van der Waals surface area contributed by atoms with Gasteiger partial charge in [0, 0.05) is 24.5 Å². The zero-order valence-electron chi connectivity index (χ0n) is 14.7. The first kappa shape index (κ1) is 18.2. The summed E-state index contributed by atoms with van der Waals surface area (Å²) in [5.41, 5.74) is 1.07. The van der Waals surface area contributed by atoms with Gasteiger partial charge in [-0.3, -0.25) is 9.59 Å². The second-order valence-corrected chi connectivity index (χ2v) is 6.97. The average molecular weight is 353 g/mol. The molecule has 0 radical (unpaired) electrons. The van der Waals surface area contributed by atoms with Crippen LogP contribution in [0.5, 0.6) is 0 Å². The number of hydrogen-bond acceptors (Lipinski definition) is 4. The molecule has 2 aliphatic rings. The average Bonchev–Trinajstić information content (AvgIpc) is 2.99. The Balaban J connectivity index is 1.72. The highest BCUT2D eigenvalue weighted by Crippen LogP contribution is 2.48. The van der Waals surface area contributed by atoms with Crippen LogP contribution in [0.1, 0.15) is 36.0 Å². The van der Waals surface area contributed by atoms with Gasteiger partial charge in [0.2, 0.25) is 5.91 Å². The van der Waals surface area contributed by atoms with Crippen LogP contribution < -0.4 is 10.6 Å². The minimum atomic E-state index is -0.300. The number of hydrogen-bond donors (Lipinski definition) is 2. The van der Waals surface area contributed by atoms with Crippen molar-refractivity contribution in [2.24, 2.45) is 11.3 Å². The predicted molar refractivity (Wildman–Crippen MR) is 97.3 cm³/mol. The largest absolute Gasteiger partial charge is 0.381 e. The topological polar surface area (TPSA) is 91.2 Å². The van der Waals surface area contributed by atoms with Crippen LogP contribution in [0.25, 0.3) is 0 Å².